The summed E-state index contributed by atoms with van der Waals surface area (Å²) in [6, 6.07) is 5.91. The quantitative estimate of drug-likeness (QED) is 0.710. The first-order chi connectivity index (χ1) is 6.31. The Morgan fingerprint density at radius 2 is 2.23 bits per heavy atom. The summed E-state index contributed by atoms with van der Waals surface area (Å²) >= 11 is 10.1. The van der Waals surface area contributed by atoms with Gasteiger partial charge in [0, 0.05) is 22.1 Å². The SMILES string of the molecule is SCCc1c[nH]c2cc(Cl)ccc12. The molecule has 68 valence electrons. The number of hydrogen-bond donors (Lipinski definition) is 2. The molecule has 0 saturated heterocycles. The average molecular weight is 212 g/mol. The van der Waals surface area contributed by atoms with Crippen molar-refractivity contribution >= 4 is 35.1 Å². The van der Waals surface area contributed by atoms with Gasteiger partial charge in [-0.25, -0.2) is 0 Å². The van der Waals surface area contributed by atoms with Crippen LogP contribution < -0.4 is 0 Å². The number of H-pyrrole nitrogens is 1. The molecular formula is C10H10ClNS. The van der Waals surface area contributed by atoms with Crippen molar-refractivity contribution in [2.24, 2.45) is 0 Å². The molecule has 2 aromatic rings. The maximum atomic E-state index is 5.87. The molecule has 1 heterocycles. The largest absolute Gasteiger partial charge is 0.361 e. The first kappa shape index (κ1) is 8.97. The molecule has 2 rings (SSSR count). The Kier molecular flexibility index (Phi) is 2.51. The summed E-state index contributed by atoms with van der Waals surface area (Å²) in [6.07, 6.45) is 3.02. The first-order valence-electron chi connectivity index (χ1n) is 4.17. The number of benzene rings is 1. The third-order valence-corrected chi connectivity index (χ3v) is 2.57. The number of aromatic amines is 1. The molecule has 0 bridgehead atoms. The van der Waals surface area contributed by atoms with E-state index in [0.29, 0.717) is 0 Å². The number of fused-ring (bicyclic) bond motifs is 1. The number of aryl methyl sites for hydroxylation is 1. The van der Waals surface area contributed by atoms with Gasteiger partial charge in [0.15, 0.2) is 0 Å². The van der Waals surface area contributed by atoms with E-state index in [9.17, 15) is 0 Å². The number of nitrogens with one attached hydrogen (secondary N) is 1. The van der Waals surface area contributed by atoms with Crippen molar-refractivity contribution in [3.05, 3.63) is 35.0 Å². The van der Waals surface area contributed by atoms with E-state index in [-0.39, 0.29) is 0 Å². The van der Waals surface area contributed by atoms with Gasteiger partial charge in [-0.2, -0.15) is 12.6 Å². The van der Waals surface area contributed by atoms with Gasteiger partial charge in [0.2, 0.25) is 0 Å². The second-order valence-corrected chi connectivity index (χ2v) is 3.86. The van der Waals surface area contributed by atoms with E-state index in [1.807, 2.05) is 24.4 Å². The van der Waals surface area contributed by atoms with Gasteiger partial charge in [0.25, 0.3) is 0 Å². The van der Waals surface area contributed by atoms with Crippen molar-refractivity contribution in [1.82, 2.24) is 4.98 Å². The van der Waals surface area contributed by atoms with E-state index in [2.05, 4.69) is 17.6 Å². The molecule has 0 atom stereocenters. The van der Waals surface area contributed by atoms with Crippen LogP contribution in [0, 0.1) is 0 Å². The Labute approximate surface area is 87.5 Å². The van der Waals surface area contributed by atoms with Gasteiger partial charge in [-0.15, -0.1) is 0 Å². The number of rotatable bonds is 2. The zero-order chi connectivity index (χ0) is 9.26. The summed E-state index contributed by atoms with van der Waals surface area (Å²) in [4.78, 5) is 3.20. The van der Waals surface area contributed by atoms with E-state index in [1.54, 1.807) is 0 Å². The molecule has 0 aliphatic carbocycles. The van der Waals surface area contributed by atoms with Crippen LogP contribution in [0.25, 0.3) is 10.9 Å². The van der Waals surface area contributed by atoms with Crippen LogP contribution >= 0.6 is 24.2 Å². The molecule has 0 saturated carbocycles. The molecule has 1 nitrogen and oxygen atoms in total. The normalized spacial score (nSPS) is 10.9. The van der Waals surface area contributed by atoms with Crippen LogP contribution in [0.3, 0.4) is 0 Å². The highest BCUT2D eigenvalue weighted by atomic mass is 35.5. The average Bonchev–Trinajstić information content (AvgIpc) is 2.49. The summed E-state index contributed by atoms with van der Waals surface area (Å²) in [5.74, 6) is 0.871. The Balaban J connectivity index is 2.55. The van der Waals surface area contributed by atoms with Crippen molar-refractivity contribution in [2.75, 3.05) is 5.75 Å². The van der Waals surface area contributed by atoms with Gasteiger partial charge in [0.05, 0.1) is 0 Å². The molecule has 0 amide bonds. The Hall–Kier alpha value is -0.600. The fourth-order valence-corrected chi connectivity index (χ4v) is 1.90. The van der Waals surface area contributed by atoms with Crippen LogP contribution in [0.1, 0.15) is 5.56 Å². The zero-order valence-corrected chi connectivity index (χ0v) is 8.70. The van der Waals surface area contributed by atoms with Gasteiger partial charge in [0.1, 0.15) is 0 Å². The van der Waals surface area contributed by atoms with Crippen molar-refractivity contribution < 1.29 is 0 Å². The molecule has 0 aliphatic heterocycles. The van der Waals surface area contributed by atoms with E-state index in [4.69, 9.17) is 11.6 Å². The van der Waals surface area contributed by atoms with Crippen molar-refractivity contribution in [2.45, 2.75) is 6.42 Å². The molecule has 0 spiro atoms. The lowest BCUT2D eigenvalue weighted by atomic mass is 10.1. The van der Waals surface area contributed by atoms with Crippen LogP contribution in [-0.4, -0.2) is 10.7 Å². The van der Waals surface area contributed by atoms with Crippen LogP contribution in [0.5, 0.6) is 0 Å². The van der Waals surface area contributed by atoms with Gasteiger partial charge < -0.3 is 4.98 Å². The van der Waals surface area contributed by atoms with Crippen molar-refractivity contribution in [1.29, 1.82) is 0 Å². The molecular weight excluding hydrogens is 202 g/mol. The molecule has 0 fully saturated rings. The monoisotopic (exact) mass is 211 g/mol. The highest BCUT2D eigenvalue weighted by Gasteiger charge is 2.02. The predicted molar refractivity (Wildman–Crippen MR) is 60.9 cm³/mol. The summed E-state index contributed by atoms with van der Waals surface area (Å²) in [7, 11) is 0. The Bertz CT molecular complexity index is 422. The smallest absolute Gasteiger partial charge is 0.0471 e. The minimum absolute atomic E-state index is 0.770. The molecule has 13 heavy (non-hydrogen) atoms. The summed E-state index contributed by atoms with van der Waals surface area (Å²) < 4.78 is 0. The van der Waals surface area contributed by atoms with Gasteiger partial charge >= 0.3 is 0 Å². The maximum absolute atomic E-state index is 5.87. The van der Waals surface area contributed by atoms with E-state index >= 15 is 0 Å². The van der Waals surface area contributed by atoms with Gasteiger partial charge in [-0.3, -0.25) is 0 Å². The highest BCUT2D eigenvalue weighted by molar-refractivity contribution is 7.80. The van der Waals surface area contributed by atoms with Crippen LogP contribution in [-0.2, 0) is 6.42 Å². The third kappa shape index (κ3) is 1.69. The predicted octanol–water partition coefficient (Wildman–Crippen LogP) is 3.29. The lowest BCUT2D eigenvalue weighted by Crippen LogP contribution is -1.82. The van der Waals surface area contributed by atoms with E-state index < -0.39 is 0 Å². The van der Waals surface area contributed by atoms with E-state index in [0.717, 1.165) is 22.7 Å². The lowest BCUT2D eigenvalue weighted by Gasteiger charge is -1.95. The molecule has 0 unspecified atom stereocenters. The second kappa shape index (κ2) is 3.64. The van der Waals surface area contributed by atoms with Gasteiger partial charge in [-0.1, -0.05) is 17.7 Å². The van der Waals surface area contributed by atoms with Crippen molar-refractivity contribution in [3.63, 3.8) is 0 Å². The fourth-order valence-electron chi connectivity index (χ4n) is 1.49. The first-order valence-corrected chi connectivity index (χ1v) is 5.18. The molecule has 1 N–H and O–H groups in total. The zero-order valence-electron chi connectivity index (χ0n) is 7.05. The van der Waals surface area contributed by atoms with E-state index in [1.165, 1.54) is 10.9 Å². The minimum atomic E-state index is 0.770. The van der Waals surface area contributed by atoms with Crippen LogP contribution in [0.2, 0.25) is 5.02 Å². The standard InChI is InChI=1S/C10H10ClNS/c11-8-1-2-9-7(3-4-13)6-12-10(9)5-8/h1-2,5-6,12-13H,3-4H2. The van der Waals surface area contributed by atoms with Crippen LogP contribution in [0.15, 0.2) is 24.4 Å². The van der Waals surface area contributed by atoms with Crippen LogP contribution in [0.4, 0.5) is 0 Å². The number of hydrogen-bond acceptors (Lipinski definition) is 1. The molecule has 0 radical (unpaired) electrons. The highest BCUT2D eigenvalue weighted by Crippen LogP contribution is 2.22. The fraction of sp³-hybridized carbons (Fsp3) is 0.200. The second-order valence-electron chi connectivity index (χ2n) is 2.98. The molecule has 1 aromatic heterocycles. The summed E-state index contributed by atoms with van der Waals surface area (Å²) in [6.45, 7) is 0. The Morgan fingerprint density at radius 1 is 1.38 bits per heavy atom. The summed E-state index contributed by atoms with van der Waals surface area (Å²) in [5, 5.41) is 2.02. The lowest BCUT2D eigenvalue weighted by molar-refractivity contribution is 1.18. The number of halogens is 1. The molecule has 3 heteroatoms. The number of aromatic nitrogens is 1. The molecule has 0 aliphatic rings. The summed E-state index contributed by atoms with van der Waals surface area (Å²) in [5.41, 5.74) is 2.41. The number of thiol groups is 1. The Morgan fingerprint density at radius 3 is 3.00 bits per heavy atom. The molecule has 1 aromatic carbocycles. The minimum Gasteiger partial charge on any atom is -0.361 e. The van der Waals surface area contributed by atoms with Crippen molar-refractivity contribution in [3.8, 4) is 0 Å². The maximum Gasteiger partial charge on any atom is 0.0471 e. The topological polar surface area (TPSA) is 15.8 Å². The van der Waals surface area contributed by atoms with Gasteiger partial charge in [-0.05, 0) is 29.9 Å². The third-order valence-electron chi connectivity index (χ3n) is 2.11.